The van der Waals surface area contributed by atoms with Crippen LogP contribution in [0.4, 0.5) is 18.9 Å². The van der Waals surface area contributed by atoms with Crippen LogP contribution in [0.2, 0.25) is 0 Å². The predicted molar refractivity (Wildman–Crippen MR) is 87.9 cm³/mol. The molecular weight excluding hydrogens is 335 g/mol. The van der Waals surface area contributed by atoms with E-state index in [1.165, 1.54) is 23.1 Å². The normalized spacial score (nSPS) is 16.0. The first-order valence-corrected chi connectivity index (χ1v) is 8.19. The second-order valence-electron chi connectivity index (χ2n) is 6.15. The number of alkyl halides is 3. The first kappa shape index (κ1) is 19.2. The Labute approximate surface area is 144 Å². The maximum absolute atomic E-state index is 13.0. The highest BCUT2D eigenvalue weighted by atomic mass is 19.4. The summed E-state index contributed by atoms with van der Waals surface area (Å²) < 4.78 is 38.9. The standard InChI is InChI=1S/C17H22F3N3O2/c1-3-23(16(25)11(2)12-8-21-9-12)10-15(24)22-14-7-5-4-6-13(14)17(18,19)20/h4-7,11-12,21H,3,8-10H2,1-2H3,(H,22,24). The zero-order chi connectivity index (χ0) is 18.6. The molecule has 2 rings (SSSR count). The highest BCUT2D eigenvalue weighted by Gasteiger charge is 2.34. The summed E-state index contributed by atoms with van der Waals surface area (Å²) in [6, 6.07) is 4.78. The SMILES string of the molecule is CCN(CC(=O)Nc1ccccc1C(F)(F)F)C(=O)C(C)C1CNC1. The quantitative estimate of drug-likeness (QED) is 0.822. The smallest absolute Gasteiger partial charge is 0.333 e. The van der Waals surface area contributed by atoms with Crippen LogP contribution in [0.1, 0.15) is 19.4 Å². The van der Waals surface area contributed by atoms with Crippen LogP contribution in [0, 0.1) is 11.8 Å². The second kappa shape index (κ2) is 7.86. The summed E-state index contributed by atoms with van der Waals surface area (Å²) in [5, 5.41) is 5.36. The minimum Gasteiger partial charge on any atom is -0.333 e. The molecule has 0 spiro atoms. The number of nitrogens with zero attached hydrogens (tertiary/aromatic N) is 1. The Balaban J connectivity index is 2.02. The fourth-order valence-electron chi connectivity index (χ4n) is 2.70. The number of likely N-dealkylation sites (N-methyl/N-ethyl adjacent to an activating group) is 1. The van der Waals surface area contributed by atoms with Crippen molar-refractivity contribution in [3.63, 3.8) is 0 Å². The first-order chi connectivity index (χ1) is 11.7. The van der Waals surface area contributed by atoms with Gasteiger partial charge in [0.2, 0.25) is 11.8 Å². The van der Waals surface area contributed by atoms with Gasteiger partial charge in [0, 0.05) is 12.5 Å². The van der Waals surface area contributed by atoms with E-state index < -0.39 is 17.6 Å². The number of halogens is 3. The van der Waals surface area contributed by atoms with E-state index in [9.17, 15) is 22.8 Å². The number of carbonyl (C=O) groups excluding carboxylic acids is 2. The third-order valence-corrected chi connectivity index (χ3v) is 4.44. The minimum absolute atomic E-state index is 0.159. The number of hydrogen-bond acceptors (Lipinski definition) is 3. The van der Waals surface area contributed by atoms with Crippen molar-refractivity contribution >= 4 is 17.5 Å². The summed E-state index contributed by atoms with van der Waals surface area (Å²) >= 11 is 0. The van der Waals surface area contributed by atoms with Gasteiger partial charge >= 0.3 is 6.18 Å². The molecule has 1 saturated heterocycles. The van der Waals surface area contributed by atoms with Crippen molar-refractivity contribution in [2.75, 3.05) is 31.5 Å². The third-order valence-electron chi connectivity index (χ3n) is 4.44. The number of hydrogen-bond donors (Lipinski definition) is 2. The van der Waals surface area contributed by atoms with Crippen LogP contribution in [-0.4, -0.2) is 42.9 Å². The third kappa shape index (κ3) is 4.72. The number of benzene rings is 1. The lowest BCUT2D eigenvalue weighted by molar-refractivity contribution is -0.140. The fraction of sp³-hybridized carbons (Fsp3) is 0.529. The average molecular weight is 357 g/mol. The lowest BCUT2D eigenvalue weighted by Gasteiger charge is -2.34. The molecule has 1 aromatic rings. The lowest BCUT2D eigenvalue weighted by atomic mass is 9.88. The largest absolute Gasteiger partial charge is 0.418 e. The maximum atomic E-state index is 13.0. The van der Waals surface area contributed by atoms with Crippen molar-refractivity contribution < 1.29 is 22.8 Å². The van der Waals surface area contributed by atoms with E-state index >= 15 is 0 Å². The van der Waals surface area contributed by atoms with E-state index in [1.54, 1.807) is 6.92 Å². The molecule has 1 heterocycles. The van der Waals surface area contributed by atoms with E-state index in [1.807, 2.05) is 6.92 Å². The van der Waals surface area contributed by atoms with E-state index in [0.717, 1.165) is 19.2 Å². The van der Waals surface area contributed by atoms with Crippen LogP contribution in [-0.2, 0) is 15.8 Å². The molecule has 1 fully saturated rings. The molecule has 0 aromatic heterocycles. The Morgan fingerprint density at radius 1 is 1.32 bits per heavy atom. The molecule has 1 aliphatic rings. The molecule has 2 amide bonds. The Morgan fingerprint density at radius 2 is 1.96 bits per heavy atom. The Morgan fingerprint density at radius 3 is 2.48 bits per heavy atom. The van der Waals surface area contributed by atoms with Gasteiger partial charge < -0.3 is 15.5 Å². The Hall–Kier alpha value is -2.09. The lowest BCUT2D eigenvalue weighted by Crippen LogP contribution is -2.51. The van der Waals surface area contributed by atoms with Crippen LogP contribution >= 0.6 is 0 Å². The van der Waals surface area contributed by atoms with Gasteiger partial charge in [0.1, 0.15) is 0 Å². The van der Waals surface area contributed by atoms with E-state index in [4.69, 9.17) is 0 Å². The molecule has 138 valence electrons. The van der Waals surface area contributed by atoms with Gasteiger partial charge in [-0.3, -0.25) is 9.59 Å². The summed E-state index contributed by atoms with van der Waals surface area (Å²) in [5.41, 5.74) is -1.22. The van der Waals surface area contributed by atoms with Gasteiger partial charge in [0.15, 0.2) is 0 Å². The molecule has 0 saturated carbocycles. The van der Waals surface area contributed by atoms with Gasteiger partial charge in [0.05, 0.1) is 17.8 Å². The van der Waals surface area contributed by atoms with Crippen LogP contribution in [0.5, 0.6) is 0 Å². The summed E-state index contributed by atoms with van der Waals surface area (Å²) in [5.74, 6) is -0.800. The number of nitrogens with one attached hydrogen (secondary N) is 2. The number of amides is 2. The second-order valence-corrected chi connectivity index (χ2v) is 6.15. The number of anilines is 1. The van der Waals surface area contributed by atoms with Gasteiger partial charge in [-0.1, -0.05) is 19.1 Å². The summed E-state index contributed by atoms with van der Waals surface area (Å²) in [6.07, 6.45) is -4.56. The molecule has 1 aliphatic heterocycles. The topological polar surface area (TPSA) is 61.4 Å². The van der Waals surface area contributed by atoms with Crippen LogP contribution in [0.25, 0.3) is 0 Å². The molecule has 5 nitrogen and oxygen atoms in total. The molecule has 1 unspecified atom stereocenters. The van der Waals surface area contributed by atoms with Crippen molar-refractivity contribution in [2.24, 2.45) is 11.8 Å². The Bertz CT molecular complexity index is 630. The number of rotatable bonds is 6. The van der Waals surface area contributed by atoms with E-state index in [-0.39, 0.29) is 30.0 Å². The maximum Gasteiger partial charge on any atom is 0.418 e. The van der Waals surface area contributed by atoms with Crippen LogP contribution < -0.4 is 10.6 Å². The first-order valence-electron chi connectivity index (χ1n) is 8.19. The van der Waals surface area contributed by atoms with Gasteiger partial charge in [-0.2, -0.15) is 13.2 Å². The molecule has 0 bridgehead atoms. The summed E-state index contributed by atoms with van der Waals surface area (Å²) in [4.78, 5) is 26.0. The van der Waals surface area contributed by atoms with Crippen molar-refractivity contribution in [1.82, 2.24) is 10.2 Å². The van der Waals surface area contributed by atoms with Crippen LogP contribution in [0.15, 0.2) is 24.3 Å². The average Bonchev–Trinajstić information content (AvgIpc) is 2.49. The Kier molecular flexibility index (Phi) is 6.05. The van der Waals surface area contributed by atoms with Crippen molar-refractivity contribution in [2.45, 2.75) is 20.0 Å². The van der Waals surface area contributed by atoms with Crippen LogP contribution in [0.3, 0.4) is 0 Å². The van der Waals surface area contributed by atoms with Crippen molar-refractivity contribution in [3.8, 4) is 0 Å². The zero-order valence-corrected chi connectivity index (χ0v) is 14.2. The molecule has 8 heteroatoms. The molecule has 1 atom stereocenters. The van der Waals surface area contributed by atoms with E-state index in [2.05, 4.69) is 10.6 Å². The highest BCUT2D eigenvalue weighted by Crippen LogP contribution is 2.34. The van der Waals surface area contributed by atoms with Gasteiger partial charge in [0.25, 0.3) is 0 Å². The van der Waals surface area contributed by atoms with Gasteiger partial charge in [-0.05, 0) is 38.1 Å². The predicted octanol–water partition coefficient (Wildman–Crippen LogP) is 2.35. The molecular formula is C17H22F3N3O2. The fourth-order valence-corrected chi connectivity index (χ4v) is 2.70. The minimum atomic E-state index is -4.56. The van der Waals surface area contributed by atoms with Crippen molar-refractivity contribution in [3.05, 3.63) is 29.8 Å². The van der Waals surface area contributed by atoms with E-state index in [0.29, 0.717) is 6.54 Å². The molecule has 1 aromatic carbocycles. The molecule has 0 aliphatic carbocycles. The zero-order valence-electron chi connectivity index (χ0n) is 14.2. The summed E-state index contributed by atoms with van der Waals surface area (Å²) in [7, 11) is 0. The van der Waals surface area contributed by atoms with Gasteiger partial charge in [-0.15, -0.1) is 0 Å². The van der Waals surface area contributed by atoms with Gasteiger partial charge in [-0.25, -0.2) is 0 Å². The van der Waals surface area contributed by atoms with Crippen molar-refractivity contribution in [1.29, 1.82) is 0 Å². The number of carbonyl (C=O) groups is 2. The summed E-state index contributed by atoms with van der Waals surface area (Å²) in [6.45, 7) is 5.11. The monoisotopic (exact) mass is 357 g/mol. The molecule has 0 radical (unpaired) electrons. The number of para-hydroxylation sites is 1. The molecule has 25 heavy (non-hydrogen) atoms. The highest BCUT2D eigenvalue weighted by molar-refractivity contribution is 5.95. The molecule has 2 N–H and O–H groups in total.